The molecule has 14 heavy (non-hydrogen) atoms. The van der Waals surface area contributed by atoms with Gasteiger partial charge in [0, 0.05) is 19.0 Å². The summed E-state index contributed by atoms with van der Waals surface area (Å²) >= 11 is 1.45. The Labute approximate surface area is 87.8 Å². The Morgan fingerprint density at radius 1 is 1.43 bits per heavy atom. The average Bonchev–Trinajstić information content (AvgIpc) is 2.29. The number of aryl methyl sites for hydroxylation is 1. The SMILES string of the molecule is Cc1sc(N(C)C)nc1NS(C)(=O)=O. The van der Waals surface area contributed by atoms with Gasteiger partial charge in [-0.25, -0.2) is 13.4 Å². The number of hydrogen-bond acceptors (Lipinski definition) is 5. The van der Waals surface area contributed by atoms with Gasteiger partial charge in [0.2, 0.25) is 10.0 Å². The van der Waals surface area contributed by atoms with Crippen molar-refractivity contribution in [3.8, 4) is 0 Å². The Hall–Kier alpha value is -0.820. The van der Waals surface area contributed by atoms with Crippen LogP contribution in [-0.4, -0.2) is 33.8 Å². The molecule has 0 radical (unpaired) electrons. The Kier molecular flexibility index (Phi) is 3.01. The molecule has 0 amide bonds. The van der Waals surface area contributed by atoms with Gasteiger partial charge in [0.15, 0.2) is 10.9 Å². The molecule has 0 fully saturated rings. The summed E-state index contributed by atoms with van der Waals surface area (Å²) in [5.41, 5.74) is 0. The van der Waals surface area contributed by atoms with E-state index in [2.05, 4.69) is 9.71 Å². The van der Waals surface area contributed by atoms with Crippen molar-refractivity contribution in [3.63, 3.8) is 0 Å². The highest BCUT2D eigenvalue weighted by molar-refractivity contribution is 7.92. The van der Waals surface area contributed by atoms with Crippen LogP contribution in [0.1, 0.15) is 4.88 Å². The first kappa shape index (κ1) is 11.3. The lowest BCUT2D eigenvalue weighted by Gasteiger charge is -2.05. The second kappa shape index (κ2) is 3.74. The molecular weight excluding hydrogens is 222 g/mol. The molecule has 0 unspecified atom stereocenters. The minimum atomic E-state index is -3.24. The van der Waals surface area contributed by atoms with E-state index in [0.717, 1.165) is 16.3 Å². The molecule has 0 aliphatic heterocycles. The van der Waals surface area contributed by atoms with Crippen LogP contribution < -0.4 is 9.62 Å². The van der Waals surface area contributed by atoms with Crippen molar-refractivity contribution in [2.24, 2.45) is 0 Å². The van der Waals surface area contributed by atoms with E-state index in [1.54, 1.807) is 0 Å². The molecule has 0 saturated heterocycles. The summed E-state index contributed by atoms with van der Waals surface area (Å²) in [6.07, 6.45) is 1.11. The first-order valence-electron chi connectivity index (χ1n) is 3.92. The molecule has 1 heterocycles. The molecule has 80 valence electrons. The molecule has 1 rings (SSSR count). The highest BCUT2D eigenvalue weighted by Gasteiger charge is 2.11. The molecule has 0 aliphatic rings. The van der Waals surface area contributed by atoms with Crippen molar-refractivity contribution in [1.29, 1.82) is 0 Å². The van der Waals surface area contributed by atoms with Crippen molar-refractivity contribution in [2.75, 3.05) is 30.0 Å². The maximum Gasteiger partial charge on any atom is 0.231 e. The molecule has 1 aromatic heterocycles. The third-order valence-corrected chi connectivity index (χ3v) is 3.15. The van der Waals surface area contributed by atoms with Crippen LogP contribution in [-0.2, 0) is 10.0 Å². The van der Waals surface area contributed by atoms with E-state index in [9.17, 15) is 8.42 Å². The number of sulfonamides is 1. The highest BCUT2D eigenvalue weighted by atomic mass is 32.2. The van der Waals surface area contributed by atoms with Crippen LogP contribution in [0.25, 0.3) is 0 Å². The fourth-order valence-electron chi connectivity index (χ4n) is 0.844. The molecule has 1 aromatic rings. The number of anilines is 2. The molecule has 7 heteroatoms. The standard InChI is InChI=1S/C7H13N3O2S2/c1-5-6(9-14(4,11)12)8-7(13-5)10(2)3/h9H,1-4H3. The van der Waals surface area contributed by atoms with Crippen molar-refractivity contribution < 1.29 is 8.42 Å². The summed E-state index contributed by atoms with van der Waals surface area (Å²) in [6.45, 7) is 1.83. The third kappa shape index (κ3) is 2.85. The smallest absolute Gasteiger partial charge is 0.231 e. The first-order valence-corrected chi connectivity index (χ1v) is 6.63. The van der Waals surface area contributed by atoms with E-state index < -0.39 is 10.0 Å². The fourth-order valence-corrected chi connectivity index (χ4v) is 2.25. The van der Waals surface area contributed by atoms with Gasteiger partial charge in [-0.05, 0) is 6.92 Å². The number of thiazole rings is 1. The number of nitrogens with zero attached hydrogens (tertiary/aromatic N) is 2. The largest absolute Gasteiger partial charge is 0.354 e. The fraction of sp³-hybridized carbons (Fsp3) is 0.571. The van der Waals surface area contributed by atoms with Crippen LogP contribution in [0.5, 0.6) is 0 Å². The molecule has 0 aliphatic carbocycles. The second-order valence-corrected chi connectivity index (χ2v) is 6.10. The second-order valence-electron chi connectivity index (χ2n) is 3.17. The lowest BCUT2D eigenvalue weighted by molar-refractivity contribution is 0.606. The maximum absolute atomic E-state index is 11.0. The van der Waals surface area contributed by atoms with Crippen LogP contribution in [0.15, 0.2) is 0 Å². The Bertz CT molecular complexity index is 422. The van der Waals surface area contributed by atoms with Gasteiger partial charge in [-0.3, -0.25) is 4.72 Å². The van der Waals surface area contributed by atoms with Crippen molar-refractivity contribution in [3.05, 3.63) is 4.88 Å². The number of aromatic nitrogens is 1. The Balaban J connectivity index is 3.00. The summed E-state index contributed by atoms with van der Waals surface area (Å²) in [6, 6.07) is 0. The molecule has 0 bridgehead atoms. The molecular formula is C7H13N3O2S2. The third-order valence-electron chi connectivity index (χ3n) is 1.45. The zero-order valence-electron chi connectivity index (χ0n) is 8.53. The van der Waals surface area contributed by atoms with Gasteiger partial charge < -0.3 is 4.90 Å². The minimum absolute atomic E-state index is 0.418. The van der Waals surface area contributed by atoms with Gasteiger partial charge in [-0.15, -0.1) is 0 Å². The molecule has 1 N–H and O–H groups in total. The van der Waals surface area contributed by atoms with Crippen LogP contribution in [0.4, 0.5) is 10.9 Å². The number of nitrogens with one attached hydrogen (secondary N) is 1. The summed E-state index contributed by atoms with van der Waals surface area (Å²) in [5.74, 6) is 0.418. The van der Waals surface area contributed by atoms with Gasteiger partial charge in [-0.1, -0.05) is 11.3 Å². The number of hydrogen-bond donors (Lipinski definition) is 1. The molecule has 5 nitrogen and oxygen atoms in total. The topological polar surface area (TPSA) is 62.3 Å². The predicted octanol–water partition coefficient (Wildman–Crippen LogP) is 0.889. The van der Waals surface area contributed by atoms with Crippen LogP contribution in [0.2, 0.25) is 0 Å². The zero-order valence-corrected chi connectivity index (χ0v) is 10.2. The Morgan fingerprint density at radius 2 is 2.00 bits per heavy atom. The zero-order chi connectivity index (χ0) is 10.9. The predicted molar refractivity (Wildman–Crippen MR) is 59.6 cm³/mol. The van der Waals surface area contributed by atoms with Gasteiger partial charge in [0.25, 0.3) is 0 Å². The first-order chi connectivity index (χ1) is 6.29. The normalized spacial score (nSPS) is 11.4. The van der Waals surface area contributed by atoms with Gasteiger partial charge >= 0.3 is 0 Å². The van der Waals surface area contributed by atoms with E-state index in [1.807, 2.05) is 25.9 Å². The Morgan fingerprint density at radius 3 is 2.36 bits per heavy atom. The van der Waals surface area contributed by atoms with Crippen LogP contribution in [0.3, 0.4) is 0 Å². The maximum atomic E-state index is 11.0. The molecule has 0 spiro atoms. The van der Waals surface area contributed by atoms with Crippen LogP contribution in [0, 0.1) is 6.92 Å². The van der Waals surface area contributed by atoms with Crippen molar-refractivity contribution >= 4 is 32.3 Å². The lowest BCUT2D eigenvalue weighted by atomic mass is 10.6. The molecule has 0 aromatic carbocycles. The van der Waals surface area contributed by atoms with E-state index in [-0.39, 0.29) is 0 Å². The summed E-state index contributed by atoms with van der Waals surface area (Å²) in [7, 11) is 0.491. The van der Waals surface area contributed by atoms with E-state index >= 15 is 0 Å². The lowest BCUT2D eigenvalue weighted by Crippen LogP contribution is -2.12. The highest BCUT2D eigenvalue weighted by Crippen LogP contribution is 2.27. The monoisotopic (exact) mass is 235 g/mol. The molecule has 0 atom stereocenters. The average molecular weight is 235 g/mol. The van der Waals surface area contributed by atoms with Crippen molar-refractivity contribution in [2.45, 2.75) is 6.92 Å². The van der Waals surface area contributed by atoms with E-state index in [4.69, 9.17) is 0 Å². The molecule has 0 saturated carbocycles. The number of rotatable bonds is 3. The summed E-state index contributed by atoms with van der Waals surface area (Å²) < 4.78 is 24.3. The minimum Gasteiger partial charge on any atom is -0.354 e. The van der Waals surface area contributed by atoms with E-state index in [1.165, 1.54) is 11.3 Å². The van der Waals surface area contributed by atoms with Crippen molar-refractivity contribution in [1.82, 2.24) is 4.98 Å². The summed E-state index contributed by atoms with van der Waals surface area (Å²) in [5, 5.41) is 0.786. The van der Waals surface area contributed by atoms with Gasteiger partial charge in [0.05, 0.1) is 6.26 Å². The summed E-state index contributed by atoms with van der Waals surface area (Å²) in [4.78, 5) is 6.85. The van der Waals surface area contributed by atoms with E-state index in [0.29, 0.717) is 5.82 Å². The van der Waals surface area contributed by atoms with Gasteiger partial charge in [-0.2, -0.15) is 0 Å². The van der Waals surface area contributed by atoms with Crippen LogP contribution >= 0.6 is 11.3 Å². The van der Waals surface area contributed by atoms with Gasteiger partial charge in [0.1, 0.15) is 0 Å². The quantitative estimate of drug-likeness (QED) is 0.845.